The van der Waals surface area contributed by atoms with E-state index >= 15 is 0 Å². The molecule has 5 rings (SSSR count). The molecule has 3 aromatic rings. The number of amides is 2. The van der Waals surface area contributed by atoms with Crippen LogP contribution in [0.1, 0.15) is 55.8 Å². The van der Waals surface area contributed by atoms with Crippen LogP contribution in [-0.2, 0) is 20.7 Å². The lowest BCUT2D eigenvalue weighted by molar-refractivity contribution is -0.151. The van der Waals surface area contributed by atoms with E-state index in [2.05, 4.69) is 16.8 Å². The smallest absolute Gasteiger partial charge is 0.235 e. The number of carbonyl (C=O) groups excluding carboxylic acids is 2. The Morgan fingerprint density at radius 2 is 1.98 bits per heavy atom. The third-order valence-corrected chi connectivity index (χ3v) is 9.07. The normalized spacial score (nSPS) is 22.9. The molecule has 8 nitrogen and oxygen atoms in total. The molecule has 0 bridgehead atoms. The van der Waals surface area contributed by atoms with E-state index in [1.807, 2.05) is 37.3 Å². The summed E-state index contributed by atoms with van der Waals surface area (Å²) in [6.45, 7) is 7.74. The first-order chi connectivity index (χ1) is 19.3. The number of hydrogen-bond donors (Lipinski definition) is 2. The number of carbonyl (C=O) groups is 2. The number of aromatic hydroxyl groups is 1. The highest BCUT2D eigenvalue weighted by atomic mass is 16.5. The molecule has 2 heterocycles. The molecule has 1 aliphatic carbocycles. The number of fused-ring (bicyclic) bond motifs is 4. The second-order valence-electron chi connectivity index (χ2n) is 11.4. The monoisotopic (exact) mass is 547 g/mol. The number of nitrogens with one attached hydrogen (secondary N) is 1. The molecular formula is C32H41N3O5. The SMILES string of the molecule is CCN(CCCN1C(=O)CCC2C(c3cccc(O)c3)c3[nH]c4ccc(OC)cc4c3C[C@@]2(C)C1=O)CCOC. The number of aromatic nitrogens is 1. The van der Waals surface area contributed by atoms with Gasteiger partial charge in [-0.1, -0.05) is 26.0 Å². The molecule has 2 aromatic carbocycles. The second kappa shape index (κ2) is 11.6. The van der Waals surface area contributed by atoms with Gasteiger partial charge in [0.2, 0.25) is 11.8 Å². The fraction of sp³-hybridized carbons (Fsp3) is 0.500. The van der Waals surface area contributed by atoms with Gasteiger partial charge < -0.3 is 24.5 Å². The number of benzene rings is 2. The van der Waals surface area contributed by atoms with Gasteiger partial charge in [-0.05, 0) is 79.7 Å². The maximum absolute atomic E-state index is 14.5. The van der Waals surface area contributed by atoms with Crippen molar-refractivity contribution in [3.63, 3.8) is 0 Å². The van der Waals surface area contributed by atoms with Crippen molar-refractivity contribution in [1.29, 1.82) is 0 Å². The molecule has 2 N–H and O–H groups in total. The van der Waals surface area contributed by atoms with Gasteiger partial charge in [-0.3, -0.25) is 14.5 Å². The van der Waals surface area contributed by atoms with Crippen molar-refractivity contribution in [1.82, 2.24) is 14.8 Å². The molecule has 0 spiro atoms. The Balaban J connectivity index is 1.54. The number of H-pyrrole nitrogens is 1. The highest BCUT2D eigenvalue weighted by molar-refractivity contribution is 6.00. The van der Waals surface area contributed by atoms with Crippen molar-refractivity contribution in [3.05, 3.63) is 59.3 Å². The molecule has 1 aliphatic heterocycles. The van der Waals surface area contributed by atoms with Crippen LogP contribution in [0.3, 0.4) is 0 Å². The van der Waals surface area contributed by atoms with Gasteiger partial charge >= 0.3 is 0 Å². The average Bonchev–Trinajstić information content (AvgIpc) is 3.27. The van der Waals surface area contributed by atoms with Crippen molar-refractivity contribution in [3.8, 4) is 11.5 Å². The van der Waals surface area contributed by atoms with Gasteiger partial charge in [0.15, 0.2) is 0 Å². The lowest BCUT2D eigenvalue weighted by Crippen LogP contribution is -2.51. The number of methoxy groups -OCH3 is 2. The molecule has 40 heavy (non-hydrogen) atoms. The zero-order valence-corrected chi connectivity index (χ0v) is 24.0. The number of aromatic amines is 1. The number of ether oxygens (including phenoxy) is 2. The fourth-order valence-electron chi connectivity index (χ4n) is 6.90. The number of phenols is 1. The van der Waals surface area contributed by atoms with Crippen LogP contribution in [0.25, 0.3) is 10.9 Å². The van der Waals surface area contributed by atoms with Crippen LogP contribution in [0.5, 0.6) is 11.5 Å². The number of hydrogen-bond acceptors (Lipinski definition) is 6. The van der Waals surface area contributed by atoms with Crippen LogP contribution in [-0.4, -0.2) is 78.7 Å². The zero-order chi connectivity index (χ0) is 28.4. The summed E-state index contributed by atoms with van der Waals surface area (Å²) in [5.41, 5.74) is 3.30. The van der Waals surface area contributed by atoms with E-state index in [0.717, 1.165) is 59.5 Å². The Bertz CT molecular complexity index is 1380. The largest absolute Gasteiger partial charge is 0.508 e. The molecule has 214 valence electrons. The summed E-state index contributed by atoms with van der Waals surface area (Å²) in [6, 6.07) is 13.3. The Kier molecular flexibility index (Phi) is 8.19. The highest BCUT2D eigenvalue weighted by Gasteiger charge is 2.54. The minimum atomic E-state index is -0.784. The number of rotatable bonds is 10. The van der Waals surface area contributed by atoms with E-state index in [4.69, 9.17) is 9.47 Å². The summed E-state index contributed by atoms with van der Waals surface area (Å²) in [6.07, 6.45) is 2.19. The van der Waals surface area contributed by atoms with Crippen molar-refractivity contribution in [2.24, 2.45) is 11.3 Å². The summed E-state index contributed by atoms with van der Waals surface area (Å²) in [4.78, 5) is 35.4. The number of imide groups is 1. The first kappa shape index (κ1) is 28.2. The van der Waals surface area contributed by atoms with E-state index in [1.54, 1.807) is 26.4 Å². The van der Waals surface area contributed by atoms with Crippen LogP contribution in [0, 0.1) is 11.3 Å². The molecule has 2 aliphatic rings. The van der Waals surface area contributed by atoms with Gasteiger partial charge in [-0.2, -0.15) is 0 Å². The molecule has 3 atom stereocenters. The molecular weight excluding hydrogens is 506 g/mol. The highest BCUT2D eigenvalue weighted by Crippen LogP contribution is 2.55. The van der Waals surface area contributed by atoms with E-state index in [-0.39, 0.29) is 29.4 Å². The van der Waals surface area contributed by atoms with Crippen LogP contribution in [0.4, 0.5) is 0 Å². The van der Waals surface area contributed by atoms with Crippen molar-refractivity contribution >= 4 is 22.7 Å². The molecule has 8 heteroatoms. The molecule has 1 saturated heterocycles. The van der Waals surface area contributed by atoms with Crippen molar-refractivity contribution in [2.75, 3.05) is 47.0 Å². The number of likely N-dealkylation sites (N-methyl/N-ethyl adjacent to an activating group) is 1. The summed E-state index contributed by atoms with van der Waals surface area (Å²) >= 11 is 0. The van der Waals surface area contributed by atoms with Crippen LogP contribution >= 0.6 is 0 Å². The topological polar surface area (TPSA) is 95.1 Å². The molecule has 1 aromatic heterocycles. The number of likely N-dealkylation sites (tertiary alicyclic amines) is 1. The third-order valence-electron chi connectivity index (χ3n) is 9.07. The molecule has 0 radical (unpaired) electrons. The van der Waals surface area contributed by atoms with E-state index in [0.29, 0.717) is 32.4 Å². The lowest BCUT2D eigenvalue weighted by atomic mass is 9.59. The predicted molar refractivity (Wildman–Crippen MR) is 155 cm³/mol. The fourth-order valence-corrected chi connectivity index (χ4v) is 6.90. The van der Waals surface area contributed by atoms with Gasteiger partial charge in [-0.25, -0.2) is 0 Å². The maximum atomic E-state index is 14.5. The predicted octanol–water partition coefficient (Wildman–Crippen LogP) is 4.70. The number of nitrogens with zero attached hydrogens (tertiary/aromatic N) is 2. The van der Waals surface area contributed by atoms with Crippen LogP contribution in [0.15, 0.2) is 42.5 Å². The van der Waals surface area contributed by atoms with Gasteiger partial charge in [0.05, 0.1) is 19.1 Å². The molecule has 0 saturated carbocycles. The van der Waals surface area contributed by atoms with Crippen molar-refractivity contribution < 1.29 is 24.2 Å². The standard InChI is InChI=1S/C32H41N3O5/c1-5-34(16-17-39-3)14-7-15-35-28(37)13-11-26-29(21-8-6-9-22(36)18-21)30-25(20-32(26,2)31(35)38)24-19-23(40-4)10-12-27(24)33-30/h6,8-10,12,18-19,26,29,33,36H,5,7,11,13-17,20H2,1-4H3/t26?,29?,32-/m1/s1. The minimum Gasteiger partial charge on any atom is -0.508 e. The van der Waals surface area contributed by atoms with Crippen molar-refractivity contribution in [2.45, 2.75) is 45.4 Å². The second-order valence-corrected chi connectivity index (χ2v) is 11.4. The molecule has 1 fully saturated rings. The summed E-state index contributed by atoms with van der Waals surface area (Å²) in [5, 5.41) is 11.4. The number of phenolic OH excluding ortho intramolecular Hbond substituents is 1. The Labute approximate surface area is 236 Å². The first-order valence-electron chi connectivity index (χ1n) is 14.3. The first-order valence-corrected chi connectivity index (χ1v) is 14.3. The van der Waals surface area contributed by atoms with E-state index in [1.165, 1.54) is 4.90 Å². The Morgan fingerprint density at radius 1 is 1.15 bits per heavy atom. The summed E-state index contributed by atoms with van der Waals surface area (Å²) in [5.74, 6) is 0.496. The van der Waals surface area contributed by atoms with Gasteiger partial charge in [0.25, 0.3) is 0 Å². The Morgan fingerprint density at radius 3 is 2.70 bits per heavy atom. The summed E-state index contributed by atoms with van der Waals surface area (Å²) < 4.78 is 10.8. The Hall–Kier alpha value is -3.36. The van der Waals surface area contributed by atoms with E-state index < -0.39 is 5.41 Å². The maximum Gasteiger partial charge on any atom is 0.235 e. The van der Waals surface area contributed by atoms with E-state index in [9.17, 15) is 14.7 Å². The minimum absolute atomic E-state index is 0.0898. The van der Waals surface area contributed by atoms with Gasteiger partial charge in [0, 0.05) is 49.1 Å². The summed E-state index contributed by atoms with van der Waals surface area (Å²) in [7, 11) is 3.35. The van der Waals surface area contributed by atoms with Crippen LogP contribution < -0.4 is 4.74 Å². The van der Waals surface area contributed by atoms with Gasteiger partial charge in [-0.15, -0.1) is 0 Å². The third kappa shape index (κ3) is 5.10. The van der Waals surface area contributed by atoms with Gasteiger partial charge in [0.1, 0.15) is 11.5 Å². The van der Waals surface area contributed by atoms with Crippen LogP contribution in [0.2, 0.25) is 0 Å². The lowest BCUT2D eigenvalue weighted by Gasteiger charge is -2.45. The zero-order valence-electron chi connectivity index (χ0n) is 24.0. The molecule has 2 amide bonds. The average molecular weight is 548 g/mol. The molecule has 2 unspecified atom stereocenters. The quantitative estimate of drug-likeness (QED) is 0.358.